The molecule has 0 saturated heterocycles. The van der Waals surface area contributed by atoms with Gasteiger partial charge in [0.25, 0.3) is 0 Å². The van der Waals surface area contributed by atoms with E-state index in [1.54, 1.807) is 6.92 Å². The van der Waals surface area contributed by atoms with E-state index < -0.39 is 5.60 Å². The number of hydrogen-bond acceptors (Lipinski definition) is 5. The van der Waals surface area contributed by atoms with Crippen LogP contribution in [0.25, 0.3) is 0 Å². The van der Waals surface area contributed by atoms with Crippen LogP contribution in [-0.4, -0.2) is 40.3 Å². The maximum Gasteiger partial charge on any atom is 0.306 e. The van der Waals surface area contributed by atoms with Crippen LogP contribution < -0.4 is 0 Å². The highest BCUT2D eigenvalue weighted by Gasteiger charge is 2.72. The van der Waals surface area contributed by atoms with Gasteiger partial charge >= 0.3 is 5.97 Å². The van der Waals surface area contributed by atoms with Gasteiger partial charge in [0, 0.05) is 24.7 Å². The van der Waals surface area contributed by atoms with Gasteiger partial charge in [0.05, 0.1) is 6.61 Å². The number of fused-ring (bicyclic) bond motifs is 5. The van der Waals surface area contributed by atoms with Gasteiger partial charge in [-0.2, -0.15) is 0 Å². The van der Waals surface area contributed by atoms with Gasteiger partial charge in [0.2, 0.25) is 0 Å². The molecule has 0 radical (unpaired) electrons. The third-order valence-electron chi connectivity index (χ3n) is 10.9. The number of aliphatic hydroxyl groups excluding tert-OH is 1. The van der Waals surface area contributed by atoms with Crippen molar-refractivity contribution in [2.75, 3.05) is 6.61 Å². The Morgan fingerprint density at radius 3 is 2.15 bits per heavy atom. The van der Waals surface area contributed by atoms with Crippen molar-refractivity contribution >= 4 is 11.8 Å². The minimum atomic E-state index is -1.51. The van der Waals surface area contributed by atoms with E-state index in [2.05, 4.69) is 33.8 Å². The highest BCUT2D eigenvalue weighted by molar-refractivity contribution is 6.04. The summed E-state index contributed by atoms with van der Waals surface area (Å²) in [5.41, 5.74) is -0.139. The van der Waals surface area contributed by atoms with Crippen LogP contribution in [0.1, 0.15) is 118 Å². The third-order valence-corrected chi connectivity index (χ3v) is 10.9. The Balaban J connectivity index is 1.33. The smallest absolute Gasteiger partial charge is 0.306 e. The molecule has 0 amide bonds. The summed E-state index contributed by atoms with van der Waals surface area (Å²) in [6.45, 7) is 10.6. The molecule has 0 aromatic heterocycles. The van der Waals surface area contributed by atoms with Crippen LogP contribution in [0.15, 0.2) is 23.3 Å². The summed E-state index contributed by atoms with van der Waals surface area (Å²) >= 11 is 0. The SMILES string of the molecule is CCCCCCCCCCCCCC(=O)O[C@H]1C2C([C@@H]3C=C(CO)C[C@]4(O)C(=O)C(C)=CC4C3[C@@H]1C)C2(C)C. The fraction of sp³-hybridized carbons (Fsp3) is 0.824. The zero-order valence-electron chi connectivity index (χ0n) is 25.2. The van der Waals surface area contributed by atoms with Crippen LogP contribution in [0.5, 0.6) is 0 Å². The Morgan fingerprint density at radius 1 is 0.974 bits per heavy atom. The number of hydrogen-bond donors (Lipinski definition) is 2. The Labute approximate surface area is 236 Å². The molecule has 4 aliphatic rings. The summed E-state index contributed by atoms with van der Waals surface area (Å²) in [6.07, 6.45) is 18.3. The molecule has 2 fully saturated rings. The van der Waals surface area contributed by atoms with E-state index in [0.717, 1.165) is 18.4 Å². The number of ether oxygens (including phenoxy) is 1. The molecule has 2 saturated carbocycles. The van der Waals surface area contributed by atoms with Gasteiger partial charge in [-0.1, -0.05) is 104 Å². The number of carbonyl (C=O) groups is 2. The molecule has 0 aromatic rings. The zero-order valence-corrected chi connectivity index (χ0v) is 25.2. The van der Waals surface area contributed by atoms with Crippen molar-refractivity contribution in [3.8, 4) is 0 Å². The number of carbonyl (C=O) groups excluding carboxylic acids is 2. The summed E-state index contributed by atoms with van der Waals surface area (Å²) in [5, 5.41) is 21.8. The minimum absolute atomic E-state index is 0.00998. The molecule has 4 aliphatic carbocycles. The zero-order chi connectivity index (χ0) is 28.4. The van der Waals surface area contributed by atoms with Crippen molar-refractivity contribution in [3.05, 3.63) is 23.3 Å². The maximum atomic E-state index is 13.1. The number of rotatable bonds is 14. The molecule has 8 atom stereocenters. The first-order valence-electron chi connectivity index (χ1n) is 16.0. The average Bonchev–Trinajstić information content (AvgIpc) is 3.44. The average molecular weight is 543 g/mol. The van der Waals surface area contributed by atoms with E-state index in [-0.39, 0.29) is 65.9 Å². The van der Waals surface area contributed by atoms with Gasteiger partial charge < -0.3 is 14.9 Å². The standard InChI is InChI=1S/C34H54O5/c1-6-7-8-9-10-11-12-13-14-15-16-17-27(36)39-31-23(3)28-25(29-30(31)33(29,4)5)19-24(21-35)20-34(38)26(28)18-22(2)32(34)37/h18-19,23,25-26,28-31,35,38H,6-17,20-21H2,1-5H3/t23-,25+,26?,28?,29?,30?,31+,34+/m0/s1. The molecular weight excluding hydrogens is 488 g/mol. The topological polar surface area (TPSA) is 83.8 Å². The molecule has 5 heteroatoms. The molecule has 0 aromatic carbocycles. The van der Waals surface area contributed by atoms with Crippen LogP contribution >= 0.6 is 0 Å². The summed E-state index contributed by atoms with van der Waals surface area (Å²) in [6, 6.07) is 0. The van der Waals surface area contributed by atoms with Gasteiger partial charge in [0.1, 0.15) is 11.7 Å². The summed E-state index contributed by atoms with van der Waals surface area (Å²) in [7, 11) is 0. The highest BCUT2D eigenvalue weighted by Crippen LogP contribution is 2.72. The van der Waals surface area contributed by atoms with Gasteiger partial charge in [-0.15, -0.1) is 0 Å². The van der Waals surface area contributed by atoms with Crippen LogP contribution in [-0.2, 0) is 14.3 Å². The van der Waals surface area contributed by atoms with Gasteiger partial charge in [-0.25, -0.2) is 0 Å². The van der Waals surface area contributed by atoms with Gasteiger partial charge in [-0.3, -0.25) is 9.59 Å². The number of esters is 1. The monoisotopic (exact) mass is 542 g/mol. The molecule has 4 unspecified atom stereocenters. The van der Waals surface area contributed by atoms with Crippen molar-refractivity contribution in [1.29, 1.82) is 0 Å². The first kappa shape index (κ1) is 30.5. The van der Waals surface area contributed by atoms with E-state index >= 15 is 0 Å². The molecule has 39 heavy (non-hydrogen) atoms. The lowest BCUT2D eigenvalue weighted by molar-refractivity contribution is -0.161. The predicted octanol–water partition coefficient (Wildman–Crippen LogP) is 6.95. The molecule has 0 aliphatic heterocycles. The van der Waals surface area contributed by atoms with Gasteiger partial charge in [-0.05, 0) is 53.6 Å². The quantitative estimate of drug-likeness (QED) is 0.141. The van der Waals surface area contributed by atoms with E-state index in [0.29, 0.717) is 17.9 Å². The molecule has 4 rings (SSSR count). The van der Waals surface area contributed by atoms with Crippen LogP contribution in [0, 0.1) is 40.9 Å². The number of aliphatic hydroxyl groups is 2. The maximum absolute atomic E-state index is 13.1. The lowest BCUT2D eigenvalue weighted by atomic mass is 9.63. The first-order chi connectivity index (χ1) is 18.6. The molecular formula is C34H54O5. The summed E-state index contributed by atoms with van der Waals surface area (Å²) in [4.78, 5) is 26.1. The van der Waals surface area contributed by atoms with E-state index in [1.165, 1.54) is 57.8 Å². The van der Waals surface area contributed by atoms with E-state index in [9.17, 15) is 19.8 Å². The Hall–Kier alpha value is -1.46. The van der Waals surface area contributed by atoms with Crippen molar-refractivity contribution in [3.63, 3.8) is 0 Å². The Kier molecular flexibility index (Phi) is 9.85. The Morgan fingerprint density at radius 2 is 1.56 bits per heavy atom. The second-order valence-corrected chi connectivity index (χ2v) is 13.9. The predicted molar refractivity (Wildman–Crippen MR) is 155 cm³/mol. The van der Waals surface area contributed by atoms with Crippen molar-refractivity contribution < 1.29 is 24.5 Å². The number of unbranched alkanes of at least 4 members (excludes halogenated alkanes) is 10. The number of ketones is 1. The Bertz CT molecular complexity index is 947. The van der Waals surface area contributed by atoms with Crippen LogP contribution in [0.4, 0.5) is 0 Å². The minimum Gasteiger partial charge on any atom is -0.462 e. The van der Waals surface area contributed by atoms with E-state index in [4.69, 9.17) is 4.74 Å². The fourth-order valence-corrected chi connectivity index (χ4v) is 8.71. The molecule has 0 bridgehead atoms. The van der Waals surface area contributed by atoms with Crippen molar-refractivity contribution in [2.45, 2.75) is 130 Å². The molecule has 220 valence electrons. The lowest BCUT2D eigenvalue weighted by Gasteiger charge is -2.44. The number of allylic oxidation sites excluding steroid dienone is 1. The first-order valence-corrected chi connectivity index (χ1v) is 16.0. The van der Waals surface area contributed by atoms with Gasteiger partial charge in [0.15, 0.2) is 5.78 Å². The molecule has 0 heterocycles. The number of Topliss-reactive ketones (excluding diaryl/α,β-unsaturated/α-hetero) is 1. The third kappa shape index (κ3) is 6.10. The lowest BCUT2D eigenvalue weighted by Crippen LogP contribution is -2.50. The summed E-state index contributed by atoms with van der Waals surface area (Å²) < 4.78 is 6.27. The second kappa shape index (κ2) is 12.6. The molecule has 2 N–H and O–H groups in total. The largest absolute Gasteiger partial charge is 0.462 e. The van der Waals surface area contributed by atoms with Crippen molar-refractivity contribution in [2.24, 2.45) is 40.9 Å². The van der Waals surface area contributed by atoms with Crippen LogP contribution in [0.2, 0.25) is 0 Å². The highest BCUT2D eigenvalue weighted by atomic mass is 16.5. The molecule has 0 spiro atoms. The molecule has 5 nitrogen and oxygen atoms in total. The second-order valence-electron chi connectivity index (χ2n) is 13.9. The summed E-state index contributed by atoms with van der Waals surface area (Å²) in [5.74, 6) is 0.0807. The fourth-order valence-electron chi connectivity index (χ4n) is 8.71. The van der Waals surface area contributed by atoms with E-state index in [1.807, 2.05) is 6.08 Å². The van der Waals surface area contributed by atoms with Crippen molar-refractivity contribution in [1.82, 2.24) is 0 Å². The van der Waals surface area contributed by atoms with Crippen LogP contribution in [0.3, 0.4) is 0 Å². The normalized spacial score (nSPS) is 36.3.